The van der Waals surface area contributed by atoms with Crippen LogP contribution in [-0.2, 0) is 16.1 Å². The number of hydrogen-bond acceptors (Lipinski definition) is 6. The molecule has 1 heterocycles. The quantitative estimate of drug-likeness (QED) is 0.351. The lowest BCUT2D eigenvalue weighted by molar-refractivity contribution is -0.121. The standard InChI is InChI=1S/C26H21FN2O4S/c1-29-24(30)23(34-26(29)28-21-12-10-18(11-13-21)25(31)32-2)15-19-7-3-4-9-22(19)33-16-17-6-5-8-20(27)14-17/h3-15H,16H2,1-2H3/b23-15-,28-26?. The molecular formula is C26H21FN2O4S. The Kier molecular flexibility index (Phi) is 7.08. The van der Waals surface area contributed by atoms with Crippen molar-refractivity contribution in [2.24, 2.45) is 4.99 Å². The molecule has 1 fully saturated rings. The molecule has 0 aromatic heterocycles. The first-order chi connectivity index (χ1) is 16.4. The molecule has 0 N–H and O–H groups in total. The van der Waals surface area contributed by atoms with Crippen molar-refractivity contribution in [3.05, 3.63) is 100 Å². The van der Waals surface area contributed by atoms with Gasteiger partial charge in [-0.15, -0.1) is 0 Å². The van der Waals surface area contributed by atoms with Gasteiger partial charge in [0.1, 0.15) is 18.2 Å². The van der Waals surface area contributed by atoms with E-state index in [1.807, 2.05) is 18.2 Å². The third-order valence-corrected chi connectivity index (χ3v) is 6.07. The fraction of sp³-hybridized carbons (Fsp3) is 0.115. The number of aliphatic imine (C=N–C) groups is 1. The second kappa shape index (κ2) is 10.4. The maximum absolute atomic E-state index is 13.4. The van der Waals surface area contributed by atoms with Crippen molar-refractivity contribution in [1.29, 1.82) is 0 Å². The molecule has 3 aromatic carbocycles. The summed E-state index contributed by atoms with van der Waals surface area (Å²) in [5.74, 6) is -0.349. The van der Waals surface area contributed by atoms with Crippen molar-refractivity contribution in [2.45, 2.75) is 6.61 Å². The highest BCUT2D eigenvalue weighted by molar-refractivity contribution is 8.18. The summed E-state index contributed by atoms with van der Waals surface area (Å²) >= 11 is 1.25. The molecule has 0 saturated carbocycles. The lowest BCUT2D eigenvalue weighted by Crippen LogP contribution is -2.23. The van der Waals surface area contributed by atoms with E-state index < -0.39 is 5.97 Å². The average Bonchev–Trinajstić information content (AvgIpc) is 3.11. The summed E-state index contributed by atoms with van der Waals surface area (Å²) < 4.78 is 24.0. The third kappa shape index (κ3) is 5.35. The number of likely N-dealkylation sites (N-methyl/N-ethyl adjacent to an activating group) is 1. The molecule has 1 aliphatic rings. The molecule has 0 radical (unpaired) electrons. The number of ether oxygens (including phenoxy) is 2. The van der Waals surface area contributed by atoms with Crippen molar-refractivity contribution in [3.8, 4) is 5.75 Å². The van der Waals surface area contributed by atoms with E-state index in [0.29, 0.717) is 32.6 Å². The van der Waals surface area contributed by atoms with Gasteiger partial charge in [0.05, 0.1) is 23.3 Å². The zero-order chi connectivity index (χ0) is 24.1. The molecule has 3 aromatic rings. The zero-order valence-corrected chi connectivity index (χ0v) is 19.3. The van der Waals surface area contributed by atoms with Gasteiger partial charge in [-0.25, -0.2) is 14.2 Å². The second-order valence-electron chi connectivity index (χ2n) is 7.36. The highest BCUT2D eigenvalue weighted by Crippen LogP contribution is 2.35. The van der Waals surface area contributed by atoms with Gasteiger partial charge in [0.25, 0.3) is 5.91 Å². The smallest absolute Gasteiger partial charge is 0.337 e. The maximum Gasteiger partial charge on any atom is 0.337 e. The molecule has 4 rings (SSSR count). The molecular weight excluding hydrogens is 455 g/mol. The van der Waals surface area contributed by atoms with E-state index >= 15 is 0 Å². The van der Waals surface area contributed by atoms with Crippen LogP contribution in [0.1, 0.15) is 21.5 Å². The number of hydrogen-bond donors (Lipinski definition) is 0. The lowest BCUT2D eigenvalue weighted by Gasteiger charge is -2.10. The molecule has 172 valence electrons. The largest absolute Gasteiger partial charge is 0.488 e. The molecule has 0 unspecified atom stereocenters. The summed E-state index contributed by atoms with van der Waals surface area (Å²) in [4.78, 5) is 30.9. The molecule has 1 amide bonds. The molecule has 1 aliphatic heterocycles. The number of carbonyl (C=O) groups is 2. The predicted molar refractivity (Wildman–Crippen MR) is 130 cm³/mol. The average molecular weight is 477 g/mol. The van der Waals surface area contributed by atoms with E-state index in [4.69, 9.17) is 9.47 Å². The minimum atomic E-state index is -0.426. The van der Waals surface area contributed by atoms with E-state index in [0.717, 1.165) is 5.56 Å². The van der Waals surface area contributed by atoms with Crippen LogP contribution >= 0.6 is 11.8 Å². The Morgan fingerprint density at radius 2 is 1.85 bits per heavy atom. The Bertz CT molecular complexity index is 1290. The molecule has 0 bridgehead atoms. The molecule has 0 atom stereocenters. The SMILES string of the molecule is COC(=O)c1ccc(N=C2S/C(=C\c3ccccc3OCc3cccc(F)c3)C(=O)N2C)cc1. The van der Waals surface area contributed by atoms with Crippen LogP contribution in [0.3, 0.4) is 0 Å². The summed E-state index contributed by atoms with van der Waals surface area (Å²) in [5.41, 5.74) is 2.47. The van der Waals surface area contributed by atoms with Crippen LogP contribution in [0.5, 0.6) is 5.75 Å². The predicted octanol–water partition coefficient (Wildman–Crippen LogP) is 5.43. The number of amidine groups is 1. The van der Waals surface area contributed by atoms with E-state index in [-0.39, 0.29) is 18.3 Å². The van der Waals surface area contributed by atoms with Crippen molar-refractivity contribution in [1.82, 2.24) is 4.90 Å². The normalized spacial score (nSPS) is 15.7. The minimum Gasteiger partial charge on any atom is -0.488 e. The number of para-hydroxylation sites is 1. The first-order valence-electron chi connectivity index (χ1n) is 10.4. The number of benzene rings is 3. The summed E-state index contributed by atoms with van der Waals surface area (Å²) in [6.45, 7) is 0.202. The fourth-order valence-corrected chi connectivity index (χ4v) is 4.19. The molecule has 0 spiro atoms. The van der Waals surface area contributed by atoms with Crippen molar-refractivity contribution in [2.75, 3.05) is 14.2 Å². The molecule has 0 aliphatic carbocycles. The van der Waals surface area contributed by atoms with Crippen LogP contribution < -0.4 is 4.74 Å². The van der Waals surface area contributed by atoms with Crippen LogP contribution in [0.4, 0.5) is 10.1 Å². The number of methoxy groups -OCH3 is 1. The van der Waals surface area contributed by atoms with Gasteiger partial charge in [-0.3, -0.25) is 9.69 Å². The van der Waals surface area contributed by atoms with Crippen molar-refractivity contribution in [3.63, 3.8) is 0 Å². The van der Waals surface area contributed by atoms with Gasteiger partial charge in [0, 0.05) is 12.6 Å². The zero-order valence-electron chi connectivity index (χ0n) is 18.5. The molecule has 6 nitrogen and oxygen atoms in total. The van der Waals surface area contributed by atoms with Crippen LogP contribution in [0.15, 0.2) is 82.7 Å². The van der Waals surface area contributed by atoms with Gasteiger partial charge >= 0.3 is 5.97 Å². The number of amides is 1. The van der Waals surface area contributed by atoms with Gasteiger partial charge in [-0.05, 0) is 65.9 Å². The number of carbonyl (C=O) groups excluding carboxylic acids is 2. The van der Waals surface area contributed by atoms with Gasteiger partial charge < -0.3 is 9.47 Å². The van der Waals surface area contributed by atoms with E-state index in [9.17, 15) is 14.0 Å². The Morgan fingerprint density at radius 1 is 1.09 bits per heavy atom. The van der Waals surface area contributed by atoms with Crippen LogP contribution in [0.2, 0.25) is 0 Å². The van der Waals surface area contributed by atoms with Crippen molar-refractivity contribution >= 4 is 40.6 Å². The first kappa shape index (κ1) is 23.3. The monoisotopic (exact) mass is 476 g/mol. The number of esters is 1. The lowest BCUT2D eigenvalue weighted by atomic mass is 10.1. The number of thioether (sulfide) groups is 1. The summed E-state index contributed by atoms with van der Waals surface area (Å²) in [7, 11) is 2.98. The first-order valence-corrected chi connectivity index (χ1v) is 11.2. The Balaban J connectivity index is 1.53. The van der Waals surface area contributed by atoms with Gasteiger partial charge in [0.15, 0.2) is 5.17 Å². The van der Waals surface area contributed by atoms with E-state index in [2.05, 4.69) is 4.99 Å². The van der Waals surface area contributed by atoms with E-state index in [1.54, 1.807) is 55.6 Å². The highest BCUT2D eigenvalue weighted by Gasteiger charge is 2.30. The Hall–Kier alpha value is -3.91. The van der Waals surface area contributed by atoms with Crippen molar-refractivity contribution < 1.29 is 23.5 Å². The topological polar surface area (TPSA) is 68.2 Å². The molecule has 8 heteroatoms. The summed E-state index contributed by atoms with van der Waals surface area (Å²) in [5, 5.41) is 0.514. The highest BCUT2D eigenvalue weighted by atomic mass is 32.2. The van der Waals surface area contributed by atoms with Gasteiger partial charge in [0.2, 0.25) is 0 Å². The summed E-state index contributed by atoms with van der Waals surface area (Å²) in [6.07, 6.45) is 1.76. The number of halogens is 1. The Morgan fingerprint density at radius 3 is 2.59 bits per heavy atom. The minimum absolute atomic E-state index is 0.185. The van der Waals surface area contributed by atoms with Gasteiger partial charge in [-0.1, -0.05) is 30.3 Å². The number of nitrogens with zero attached hydrogens (tertiary/aromatic N) is 2. The maximum atomic E-state index is 13.4. The fourth-order valence-electron chi connectivity index (χ4n) is 3.21. The van der Waals surface area contributed by atoms with Gasteiger partial charge in [-0.2, -0.15) is 0 Å². The summed E-state index contributed by atoms with van der Waals surface area (Å²) in [6, 6.07) is 20.2. The second-order valence-corrected chi connectivity index (χ2v) is 8.37. The molecule has 1 saturated heterocycles. The van der Waals surface area contributed by atoms with Crippen LogP contribution in [-0.4, -0.2) is 36.1 Å². The van der Waals surface area contributed by atoms with E-state index in [1.165, 1.54) is 35.9 Å². The van der Waals surface area contributed by atoms with Crippen LogP contribution in [0.25, 0.3) is 6.08 Å². The number of rotatable bonds is 6. The third-order valence-electron chi connectivity index (χ3n) is 5.01. The van der Waals surface area contributed by atoms with Crippen LogP contribution in [0, 0.1) is 5.82 Å². The Labute approximate surface area is 200 Å². The molecule has 34 heavy (non-hydrogen) atoms.